The number of hydrogen-bond donors (Lipinski definition) is 2. The molecule has 2 aromatic carbocycles. The van der Waals surface area contributed by atoms with Gasteiger partial charge in [0, 0.05) is 13.2 Å². The highest BCUT2D eigenvalue weighted by molar-refractivity contribution is 5.67. The van der Waals surface area contributed by atoms with Gasteiger partial charge in [0.1, 0.15) is 6.61 Å². The predicted molar refractivity (Wildman–Crippen MR) is 95.5 cm³/mol. The second kappa shape index (κ2) is 10.2. The Hall–Kier alpha value is -2.59. The summed E-state index contributed by atoms with van der Waals surface area (Å²) in [5, 5.41) is 11.6. The summed E-state index contributed by atoms with van der Waals surface area (Å²) in [6, 6.07) is 17.6. The van der Waals surface area contributed by atoms with Crippen molar-refractivity contribution < 1.29 is 14.6 Å². The number of ether oxygens (including phenoxy) is 1. The van der Waals surface area contributed by atoms with Gasteiger partial charge in [0.2, 0.25) is 0 Å². The first-order valence-corrected chi connectivity index (χ1v) is 8.09. The molecular weight excluding hydrogens is 302 g/mol. The van der Waals surface area contributed by atoms with Gasteiger partial charge in [-0.3, -0.25) is 0 Å². The normalized spacial score (nSPS) is 10.7. The molecule has 0 atom stereocenters. The molecule has 126 valence electrons. The van der Waals surface area contributed by atoms with E-state index in [2.05, 4.69) is 11.4 Å². The van der Waals surface area contributed by atoms with E-state index in [1.807, 2.05) is 60.7 Å². The number of aliphatic hydroxyl groups excluding tert-OH is 1. The summed E-state index contributed by atoms with van der Waals surface area (Å²) in [6.45, 7) is 0.856. The Morgan fingerprint density at radius 2 is 1.83 bits per heavy atom. The number of alkyl carbamates (subject to hydrolysis) is 1. The molecule has 0 fully saturated rings. The summed E-state index contributed by atoms with van der Waals surface area (Å²) in [6.07, 6.45) is 5.02. The fourth-order valence-electron chi connectivity index (χ4n) is 2.30. The van der Waals surface area contributed by atoms with E-state index in [1.54, 1.807) is 0 Å². The lowest BCUT2D eigenvalue weighted by Crippen LogP contribution is -2.24. The van der Waals surface area contributed by atoms with Gasteiger partial charge in [-0.05, 0) is 29.5 Å². The molecule has 1 amide bonds. The Balaban J connectivity index is 1.75. The molecule has 2 rings (SSSR count). The van der Waals surface area contributed by atoms with E-state index < -0.39 is 6.09 Å². The average molecular weight is 325 g/mol. The topological polar surface area (TPSA) is 58.6 Å². The number of rotatable bonds is 8. The van der Waals surface area contributed by atoms with Gasteiger partial charge in [0.25, 0.3) is 0 Å². The fraction of sp³-hybridized carbons (Fsp3) is 0.250. The maximum Gasteiger partial charge on any atom is 0.407 e. The summed E-state index contributed by atoms with van der Waals surface area (Å²) in [5.41, 5.74) is 3.25. The number of hydrogen-bond acceptors (Lipinski definition) is 3. The van der Waals surface area contributed by atoms with Gasteiger partial charge in [-0.25, -0.2) is 4.79 Å². The highest BCUT2D eigenvalue weighted by Crippen LogP contribution is 2.12. The van der Waals surface area contributed by atoms with Crippen LogP contribution in [-0.4, -0.2) is 24.4 Å². The third kappa shape index (κ3) is 6.26. The van der Waals surface area contributed by atoms with Crippen molar-refractivity contribution >= 4 is 12.2 Å². The van der Waals surface area contributed by atoms with Crippen molar-refractivity contribution in [1.82, 2.24) is 5.32 Å². The van der Waals surface area contributed by atoms with Gasteiger partial charge < -0.3 is 15.2 Å². The number of nitrogens with one attached hydrogen (secondary N) is 1. The van der Waals surface area contributed by atoms with Crippen molar-refractivity contribution in [3.05, 3.63) is 77.4 Å². The monoisotopic (exact) mass is 325 g/mol. The second-order valence-corrected chi connectivity index (χ2v) is 5.37. The van der Waals surface area contributed by atoms with Gasteiger partial charge in [0.05, 0.1) is 0 Å². The summed E-state index contributed by atoms with van der Waals surface area (Å²) >= 11 is 0. The smallest absolute Gasteiger partial charge is 0.407 e. The number of benzene rings is 2. The first-order chi connectivity index (χ1) is 11.8. The average Bonchev–Trinajstić information content (AvgIpc) is 2.63. The summed E-state index contributed by atoms with van der Waals surface area (Å²) in [7, 11) is 0. The zero-order chi connectivity index (χ0) is 17.0. The number of amides is 1. The molecule has 0 saturated heterocycles. The molecule has 0 bridgehead atoms. The Bertz CT molecular complexity index is 653. The van der Waals surface area contributed by atoms with E-state index in [0.29, 0.717) is 6.54 Å². The van der Waals surface area contributed by atoms with Crippen LogP contribution in [0.15, 0.2) is 60.7 Å². The minimum atomic E-state index is -0.433. The zero-order valence-electron chi connectivity index (χ0n) is 13.7. The third-order valence-corrected chi connectivity index (χ3v) is 3.53. The molecule has 0 radical (unpaired) electrons. The Morgan fingerprint density at radius 3 is 2.62 bits per heavy atom. The van der Waals surface area contributed by atoms with Gasteiger partial charge in [-0.1, -0.05) is 66.7 Å². The van der Waals surface area contributed by atoms with Gasteiger partial charge in [-0.15, -0.1) is 0 Å². The van der Waals surface area contributed by atoms with Crippen molar-refractivity contribution in [1.29, 1.82) is 0 Å². The van der Waals surface area contributed by atoms with Crippen LogP contribution in [0.3, 0.4) is 0 Å². The van der Waals surface area contributed by atoms with E-state index in [1.165, 1.54) is 5.56 Å². The van der Waals surface area contributed by atoms with Crippen LogP contribution in [0.2, 0.25) is 0 Å². The van der Waals surface area contributed by atoms with Crippen molar-refractivity contribution in [2.75, 3.05) is 13.2 Å². The minimum absolute atomic E-state index is 0.187. The zero-order valence-corrected chi connectivity index (χ0v) is 13.7. The molecule has 0 saturated carbocycles. The van der Waals surface area contributed by atoms with E-state index in [4.69, 9.17) is 9.84 Å². The summed E-state index contributed by atoms with van der Waals surface area (Å²) in [4.78, 5) is 11.6. The van der Waals surface area contributed by atoms with E-state index in [0.717, 1.165) is 24.0 Å². The molecule has 0 spiro atoms. The first-order valence-electron chi connectivity index (χ1n) is 8.09. The van der Waals surface area contributed by atoms with E-state index in [9.17, 15) is 4.79 Å². The van der Waals surface area contributed by atoms with Crippen LogP contribution in [0.1, 0.15) is 23.1 Å². The van der Waals surface area contributed by atoms with Crippen LogP contribution >= 0.6 is 0 Å². The lowest BCUT2D eigenvalue weighted by molar-refractivity contribution is 0.141. The second-order valence-electron chi connectivity index (χ2n) is 5.37. The number of aryl methyl sites for hydroxylation is 1. The number of carbonyl (C=O) groups excluding carboxylic acids is 1. The van der Waals surface area contributed by atoms with Crippen molar-refractivity contribution in [3.63, 3.8) is 0 Å². The first kappa shape index (κ1) is 17.8. The Morgan fingerprint density at radius 1 is 1.08 bits per heavy atom. The third-order valence-electron chi connectivity index (χ3n) is 3.53. The highest BCUT2D eigenvalue weighted by Gasteiger charge is 2.01. The SMILES string of the molecule is O=C(NCC=Cc1ccccc1CCCO)OCc1ccccc1. The molecule has 0 unspecified atom stereocenters. The van der Waals surface area contributed by atoms with Gasteiger partial charge in [-0.2, -0.15) is 0 Å². The Kier molecular flexibility index (Phi) is 7.57. The molecule has 24 heavy (non-hydrogen) atoms. The van der Waals surface area contributed by atoms with Crippen LogP contribution in [-0.2, 0) is 17.8 Å². The molecule has 0 aliphatic carbocycles. The Labute approximate surface area is 142 Å². The van der Waals surface area contributed by atoms with Crippen molar-refractivity contribution in [2.24, 2.45) is 0 Å². The van der Waals surface area contributed by atoms with Crippen molar-refractivity contribution in [3.8, 4) is 0 Å². The van der Waals surface area contributed by atoms with Crippen LogP contribution in [0.5, 0.6) is 0 Å². The minimum Gasteiger partial charge on any atom is -0.445 e. The van der Waals surface area contributed by atoms with E-state index >= 15 is 0 Å². The highest BCUT2D eigenvalue weighted by atomic mass is 16.5. The van der Waals surface area contributed by atoms with E-state index in [-0.39, 0.29) is 13.2 Å². The molecule has 2 N–H and O–H groups in total. The standard InChI is InChI=1S/C20H23NO3/c22-15-7-13-19-11-5-4-10-18(19)12-6-14-21-20(23)24-16-17-8-2-1-3-9-17/h1-6,8-12,22H,7,13-16H2,(H,21,23). The number of aliphatic hydroxyl groups is 1. The quantitative estimate of drug-likeness (QED) is 0.780. The van der Waals surface area contributed by atoms with Crippen LogP contribution in [0, 0.1) is 0 Å². The van der Waals surface area contributed by atoms with Crippen molar-refractivity contribution in [2.45, 2.75) is 19.4 Å². The summed E-state index contributed by atoms with van der Waals surface area (Å²) in [5.74, 6) is 0. The number of carbonyl (C=O) groups is 1. The fourth-order valence-corrected chi connectivity index (χ4v) is 2.30. The lowest BCUT2D eigenvalue weighted by atomic mass is 10.0. The van der Waals surface area contributed by atoms with Gasteiger partial charge in [0.15, 0.2) is 0 Å². The molecule has 0 aliphatic heterocycles. The molecule has 4 nitrogen and oxygen atoms in total. The van der Waals surface area contributed by atoms with Crippen LogP contribution < -0.4 is 5.32 Å². The maximum atomic E-state index is 11.6. The van der Waals surface area contributed by atoms with Crippen LogP contribution in [0.25, 0.3) is 6.08 Å². The molecule has 0 heterocycles. The predicted octanol–water partition coefficient (Wildman–Crippen LogP) is 3.55. The molecule has 2 aromatic rings. The summed E-state index contributed by atoms with van der Waals surface area (Å²) < 4.78 is 5.15. The molecule has 0 aliphatic rings. The molecule has 0 aromatic heterocycles. The maximum absolute atomic E-state index is 11.6. The largest absolute Gasteiger partial charge is 0.445 e. The van der Waals surface area contributed by atoms with Gasteiger partial charge >= 0.3 is 6.09 Å². The lowest BCUT2D eigenvalue weighted by Gasteiger charge is -2.06. The molecule has 4 heteroatoms. The van der Waals surface area contributed by atoms with Crippen LogP contribution in [0.4, 0.5) is 4.79 Å². The molecular formula is C20H23NO3.